The van der Waals surface area contributed by atoms with Crippen LogP contribution in [0.5, 0.6) is 0 Å². The number of morpholine rings is 1. The Balaban J connectivity index is 1.07. The highest BCUT2D eigenvalue weighted by atomic mass is 32.1. The summed E-state index contributed by atoms with van der Waals surface area (Å²) in [7, 11) is 0. The van der Waals surface area contributed by atoms with Crippen molar-refractivity contribution in [3.63, 3.8) is 0 Å². The molecule has 12 heteroatoms. The van der Waals surface area contributed by atoms with E-state index in [1.54, 1.807) is 36.0 Å². The van der Waals surface area contributed by atoms with Crippen molar-refractivity contribution in [2.75, 3.05) is 44.4 Å². The summed E-state index contributed by atoms with van der Waals surface area (Å²) in [5.41, 5.74) is 3.31. The maximum absolute atomic E-state index is 12.5. The van der Waals surface area contributed by atoms with Gasteiger partial charge in [-0.05, 0) is 43.9 Å². The van der Waals surface area contributed by atoms with E-state index in [0.29, 0.717) is 32.2 Å². The lowest BCUT2D eigenvalue weighted by molar-refractivity contribution is -0.186. The molecule has 3 N–H and O–H groups in total. The van der Waals surface area contributed by atoms with Crippen molar-refractivity contribution in [2.24, 2.45) is 5.41 Å². The van der Waals surface area contributed by atoms with Crippen LogP contribution in [0.3, 0.4) is 0 Å². The summed E-state index contributed by atoms with van der Waals surface area (Å²) >= 11 is 1.77. The van der Waals surface area contributed by atoms with Gasteiger partial charge in [0.05, 0.1) is 60.0 Å². The first-order chi connectivity index (χ1) is 21.1. The van der Waals surface area contributed by atoms with Gasteiger partial charge in [0.25, 0.3) is 0 Å². The van der Waals surface area contributed by atoms with E-state index in [4.69, 9.17) is 19.4 Å². The number of hydrogen-bond acceptors (Lipinski definition) is 9. The van der Waals surface area contributed by atoms with E-state index < -0.39 is 0 Å². The summed E-state index contributed by atoms with van der Waals surface area (Å²) < 4.78 is 13.5. The molecule has 2 bridgehead atoms. The van der Waals surface area contributed by atoms with Gasteiger partial charge in [-0.15, -0.1) is 11.3 Å². The Morgan fingerprint density at radius 1 is 1.14 bits per heavy atom. The number of anilines is 1. The first-order valence-electron chi connectivity index (χ1n) is 14.8. The molecule has 4 aromatic heterocycles. The van der Waals surface area contributed by atoms with Gasteiger partial charge in [-0.3, -0.25) is 9.89 Å². The van der Waals surface area contributed by atoms with Crippen molar-refractivity contribution in [2.45, 2.75) is 31.3 Å². The average molecular weight is 597 g/mol. The van der Waals surface area contributed by atoms with Crippen LogP contribution < -0.4 is 10.2 Å². The minimum Gasteiger partial charge on any atom is -0.378 e. The van der Waals surface area contributed by atoms with Gasteiger partial charge in [0, 0.05) is 47.0 Å². The Hall–Kier alpha value is -4.13. The Labute approximate surface area is 251 Å². The largest absolute Gasteiger partial charge is 0.378 e. The number of fused-ring (bicyclic) bond motifs is 5. The number of H-pyrrole nitrogens is 2. The van der Waals surface area contributed by atoms with Crippen LogP contribution in [0.1, 0.15) is 36.3 Å². The van der Waals surface area contributed by atoms with Crippen molar-refractivity contribution in [1.82, 2.24) is 35.5 Å². The molecule has 4 aliphatic rings. The number of nitrogens with zero attached hydrogens (tertiary/aromatic N) is 5. The molecule has 0 atom stereocenters. The summed E-state index contributed by atoms with van der Waals surface area (Å²) in [6.45, 7) is 4.18. The zero-order chi connectivity index (χ0) is 28.9. The monoisotopic (exact) mass is 596 g/mol. The molecule has 3 saturated heterocycles. The van der Waals surface area contributed by atoms with Gasteiger partial charge in [0.1, 0.15) is 5.60 Å². The molecule has 1 amide bonds. The minimum absolute atomic E-state index is 0.0366. The molecule has 0 radical (unpaired) electrons. The number of imidazole rings is 1. The van der Waals surface area contributed by atoms with E-state index in [2.05, 4.69) is 42.5 Å². The van der Waals surface area contributed by atoms with Gasteiger partial charge in [-0.2, -0.15) is 5.10 Å². The van der Waals surface area contributed by atoms with Crippen LogP contribution in [0.15, 0.2) is 49.1 Å². The number of aromatic nitrogens is 6. The van der Waals surface area contributed by atoms with Crippen LogP contribution >= 0.6 is 11.3 Å². The number of benzene rings is 1. The van der Waals surface area contributed by atoms with Crippen molar-refractivity contribution < 1.29 is 14.3 Å². The third-order valence-electron chi connectivity index (χ3n) is 9.18. The Kier molecular flexibility index (Phi) is 6.50. The fourth-order valence-electron chi connectivity index (χ4n) is 6.58. The number of carbonyl (C=O) groups excluding carboxylic acids is 1. The molecule has 3 aliphatic heterocycles. The molecule has 0 spiro atoms. The molecule has 43 heavy (non-hydrogen) atoms. The molecule has 1 saturated carbocycles. The lowest BCUT2D eigenvalue weighted by Crippen LogP contribution is -2.53. The standard InChI is InChI=1S/C31H32N8O3S/c40-26(5-4-20-15-32-19-34-20)33-17-30-6-8-31(9-7-30,42-18-30)25-14-24-27(43-25)29(39-10-12-41-13-11-39)37-28(36-24)21-2-1-3-23-22(21)16-35-38-23/h1-5,14-16,19H,6-13,17-18H2,(H,32,34)(H,33,40)(H,35,38). The molecule has 11 nitrogen and oxygen atoms in total. The van der Waals surface area contributed by atoms with E-state index in [1.807, 2.05) is 18.3 Å². The van der Waals surface area contributed by atoms with E-state index in [9.17, 15) is 4.79 Å². The van der Waals surface area contributed by atoms with E-state index in [1.165, 1.54) is 4.88 Å². The number of ether oxygens (including phenoxy) is 2. The highest BCUT2D eigenvalue weighted by Gasteiger charge is 2.51. The van der Waals surface area contributed by atoms with Crippen molar-refractivity contribution in [1.29, 1.82) is 0 Å². The smallest absolute Gasteiger partial charge is 0.244 e. The summed E-state index contributed by atoms with van der Waals surface area (Å²) in [5, 5.41) is 11.4. The third-order valence-corrected chi connectivity index (χ3v) is 10.5. The predicted molar refractivity (Wildman–Crippen MR) is 165 cm³/mol. The lowest BCUT2D eigenvalue weighted by Gasteiger charge is -2.52. The van der Waals surface area contributed by atoms with Crippen LogP contribution in [-0.4, -0.2) is 75.5 Å². The van der Waals surface area contributed by atoms with Crippen molar-refractivity contribution in [3.8, 4) is 11.4 Å². The average Bonchev–Trinajstić information content (AvgIpc) is 3.85. The molecule has 0 unspecified atom stereocenters. The highest BCUT2D eigenvalue weighted by Crippen LogP contribution is 2.55. The fourth-order valence-corrected chi connectivity index (χ4v) is 7.89. The first-order valence-corrected chi connectivity index (χ1v) is 15.6. The second-order valence-electron chi connectivity index (χ2n) is 11.8. The summed E-state index contributed by atoms with van der Waals surface area (Å²) in [6.07, 6.45) is 12.2. The molecule has 4 fully saturated rings. The number of carbonyl (C=O) groups is 1. The molecule has 1 aliphatic carbocycles. The second kappa shape index (κ2) is 10.5. The molecule has 5 aromatic rings. The van der Waals surface area contributed by atoms with Crippen LogP contribution in [0.2, 0.25) is 0 Å². The number of rotatable bonds is 7. The van der Waals surface area contributed by atoms with Gasteiger partial charge >= 0.3 is 0 Å². The molecule has 7 heterocycles. The topological polar surface area (TPSA) is 134 Å². The van der Waals surface area contributed by atoms with Gasteiger partial charge in [0.15, 0.2) is 11.6 Å². The molecular formula is C31H32N8O3S. The van der Waals surface area contributed by atoms with Gasteiger partial charge < -0.3 is 24.7 Å². The van der Waals surface area contributed by atoms with Gasteiger partial charge in [-0.1, -0.05) is 12.1 Å². The lowest BCUT2D eigenvalue weighted by atomic mass is 9.65. The van der Waals surface area contributed by atoms with Crippen LogP contribution in [0.4, 0.5) is 5.82 Å². The number of amides is 1. The third kappa shape index (κ3) is 4.79. The van der Waals surface area contributed by atoms with Crippen molar-refractivity contribution >= 4 is 50.3 Å². The zero-order valence-corrected chi connectivity index (χ0v) is 24.5. The molecular weight excluding hydrogens is 564 g/mol. The fraction of sp³-hybridized carbons (Fsp3) is 0.387. The van der Waals surface area contributed by atoms with Gasteiger partial charge in [-0.25, -0.2) is 15.0 Å². The summed E-state index contributed by atoms with van der Waals surface area (Å²) in [5.74, 6) is 1.56. The number of hydrogen-bond donors (Lipinski definition) is 3. The Bertz CT molecular complexity index is 1800. The van der Waals surface area contributed by atoms with Gasteiger partial charge in [0.2, 0.25) is 5.91 Å². The quantitative estimate of drug-likeness (QED) is 0.235. The number of thiophene rings is 1. The molecule has 1 aromatic carbocycles. The molecule has 9 rings (SSSR count). The first kappa shape index (κ1) is 26.5. The van der Waals surface area contributed by atoms with E-state index >= 15 is 0 Å². The van der Waals surface area contributed by atoms with Crippen molar-refractivity contribution in [3.05, 3.63) is 59.6 Å². The SMILES string of the molecule is O=C(C=Cc1cnc[nH]1)NCC12CCC(c3cc4nc(-c5cccc6[nH]ncc56)nc(N5CCOCC5)c4s3)(CC1)OC2. The predicted octanol–water partition coefficient (Wildman–Crippen LogP) is 4.41. The number of aromatic amines is 2. The second-order valence-corrected chi connectivity index (χ2v) is 12.8. The van der Waals surface area contributed by atoms with Crippen LogP contribution in [0, 0.1) is 5.41 Å². The Morgan fingerprint density at radius 3 is 2.81 bits per heavy atom. The van der Waals surface area contributed by atoms with E-state index in [-0.39, 0.29) is 16.9 Å². The normalized spacial score (nSPS) is 24.0. The zero-order valence-electron chi connectivity index (χ0n) is 23.6. The highest BCUT2D eigenvalue weighted by molar-refractivity contribution is 7.19. The maximum atomic E-state index is 12.5. The summed E-state index contributed by atoms with van der Waals surface area (Å²) in [6, 6.07) is 8.32. The van der Waals surface area contributed by atoms with Crippen LogP contribution in [-0.2, 0) is 19.9 Å². The number of nitrogens with one attached hydrogen (secondary N) is 3. The maximum Gasteiger partial charge on any atom is 0.244 e. The minimum atomic E-state index is -0.329. The molecule has 220 valence electrons. The van der Waals surface area contributed by atoms with Crippen LogP contribution in [0.25, 0.3) is 38.6 Å². The Morgan fingerprint density at radius 2 is 2.02 bits per heavy atom. The summed E-state index contributed by atoms with van der Waals surface area (Å²) in [4.78, 5) is 33.2. The van der Waals surface area contributed by atoms with E-state index in [0.717, 1.165) is 77.0 Å².